The molecule has 0 saturated carbocycles. The molecule has 0 aliphatic carbocycles. The van der Waals surface area contributed by atoms with E-state index in [1.165, 1.54) is 6.92 Å². The van der Waals surface area contributed by atoms with E-state index in [1.54, 1.807) is 4.90 Å². The Labute approximate surface area is 119 Å². The molecular formula is C13H15F3N4O. The fraction of sp³-hybridized carbons (Fsp3) is 0.538. The van der Waals surface area contributed by atoms with Crippen LogP contribution in [0, 0.1) is 0 Å². The van der Waals surface area contributed by atoms with Crippen LogP contribution in [0.15, 0.2) is 12.3 Å². The van der Waals surface area contributed by atoms with Gasteiger partial charge in [0.1, 0.15) is 12.0 Å². The molecule has 1 atom stereocenters. The average Bonchev–Trinajstić information content (AvgIpc) is 2.44. The van der Waals surface area contributed by atoms with Gasteiger partial charge < -0.3 is 15.1 Å². The number of rotatable bonds is 0. The van der Waals surface area contributed by atoms with Crippen molar-refractivity contribution in [1.82, 2.24) is 15.2 Å². The van der Waals surface area contributed by atoms with Gasteiger partial charge in [0.05, 0.1) is 12.1 Å². The summed E-state index contributed by atoms with van der Waals surface area (Å²) in [4.78, 5) is 19.3. The Morgan fingerprint density at radius 3 is 2.90 bits per heavy atom. The van der Waals surface area contributed by atoms with Crippen LogP contribution >= 0.6 is 0 Å². The van der Waals surface area contributed by atoms with Crippen LogP contribution in [-0.2, 0) is 17.5 Å². The van der Waals surface area contributed by atoms with E-state index in [0.717, 1.165) is 12.3 Å². The normalized spacial score (nSPS) is 21.8. The zero-order valence-electron chi connectivity index (χ0n) is 11.4. The van der Waals surface area contributed by atoms with Crippen LogP contribution in [-0.4, -0.2) is 41.6 Å². The highest BCUT2D eigenvalue weighted by atomic mass is 19.4. The van der Waals surface area contributed by atoms with Crippen LogP contribution in [0.5, 0.6) is 0 Å². The molecule has 0 unspecified atom stereocenters. The van der Waals surface area contributed by atoms with Crippen molar-refractivity contribution < 1.29 is 18.0 Å². The number of anilines is 1. The molecule has 1 fully saturated rings. The van der Waals surface area contributed by atoms with Crippen molar-refractivity contribution in [2.24, 2.45) is 0 Å². The lowest BCUT2D eigenvalue weighted by molar-refractivity contribution is -0.137. The van der Waals surface area contributed by atoms with Gasteiger partial charge in [-0.25, -0.2) is 4.98 Å². The molecule has 1 amide bonds. The van der Waals surface area contributed by atoms with E-state index in [0.29, 0.717) is 31.0 Å². The smallest absolute Gasteiger partial charge is 0.333 e. The SMILES string of the molecule is CC(=O)N1Cc2cc(C(F)(F)F)cnc2N2CCNC[C@@H]12. The summed E-state index contributed by atoms with van der Waals surface area (Å²) in [6.45, 7) is 3.50. The number of amides is 1. The first-order valence-electron chi connectivity index (χ1n) is 6.68. The van der Waals surface area contributed by atoms with E-state index in [2.05, 4.69) is 10.3 Å². The molecule has 0 radical (unpaired) electrons. The summed E-state index contributed by atoms with van der Waals surface area (Å²) in [7, 11) is 0. The molecule has 1 saturated heterocycles. The minimum Gasteiger partial charge on any atom is -0.333 e. The average molecular weight is 300 g/mol. The Morgan fingerprint density at radius 2 is 2.24 bits per heavy atom. The number of nitrogens with one attached hydrogen (secondary N) is 1. The van der Waals surface area contributed by atoms with E-state index in [4.69, 9.17) is 0 Å². The Kier molecular flexibility index (Phi) is 3.27. The number of piperazine rings is 1. The predicted octanol–water partition coefficient (Wildman–Crippen LogP) is 1.20. The van der Waals surface area contributed by atoms with Crippen molar-refractivity contribution in [3.63, 3.8) is 0 Å². The van der Waals surface area contributed by atoms with E-state index in [9.17, 15) is 18.0 Å². The van der Waals surface area contributed by atoms with Gasteiger partial charge in [0.15, 0.2) is 0 Å². The fourth-order valence-electron chi connectivity index (χ4n) is 2.86. The Hall–Kier alpha value is -1.83. The molecule has 0 aromatic carbocycles. The summed E-state index contributed by atoms with van der Waals surface area (Å²) in [5.74, 6) is 0.392. The lowest BCUT2D eigenvalue weighted by Crippen LogP contribution is -2.62. The standard InChI is InChI=1S/C13H15F3N4O/c1-8(21)20-7-9-4-10(13(14,15)16)5-18-12(9)19-3-2-17-6-11(19)20/h4-5,11,17H,2-3,6-7H2,1H3/t11-/m1/s1. The zero-order valence-corrected chi connectivity index (χ0v) is 11.4. The second-order valence-corrected chi connectivity index (χ2v) is 5.23. The molecule has 8 heteroatoms. The van der Waals surface area contributed by atoms with Gasteiger partial charge in [0.25, 0.3) is 0 Å². The van der Waals surface area contributed by atoms with Gasteiger partial charge in [-0.1, -0.05) is 0 Å². The number of aromatic nitrogens is 1. The van der Waals surface area contributed by atoms with Crippen LogP contribution in [0.3, 0.4) is 0 Å². The van der Waals surface area contributed by atoms with E-state index in [-0.39, 0.29) is 18.6 Å². The molecule has 3 heterocycles. The predicted molar refractivity (Wildman–Crippen MR) is 69.5 cm³/mol. The van der Waals surface area contributed by atoms with Gasteiger partial charge in [-0.05, 0) is 6.07 Å². The Bertz CT molecular complexity index is 575. The van der Waals surface area contributed by atoms with E-state index >= 15 is 0 Å². The second-order valence-electron chi connectivity index (χ2n) is 5.23. The van der Waals surface area contributed by atoms with Gasteiger partial charge in [-0.3, -0.25) is 4.79 Å². The largest absolute Gasteiger partial charge is 0.417 e. The van der Waals surface area contributed by atoms with E-state index < -0.39 is 11.7 Å². The summed E-state index contributed by atoms with van der Waals surface area (Å²) < 4.78 is 38.4. The molecule has 21 heavy (non-hydrogen) atoms. The molecule has 3 rings (SSSR count). The van der Waals surface area contributed by atoms with Crippen LogP contribution in [0.2, 0.25) is 0 Å². The number of hydrogen-bond donors (Lipinski definition) is 1. The van der Waals surface area contributed by atoms with Crippen LogP contribution in [0.4, 0.5) is 19.0 Å². The van der Waals surface area contributed by atoms with Crippen molar-refractivity contribution in [1.29, 1.82) is 0 Å². The highest BCUT2D eigenvalue weighted by molar-refractivity contribution is 5.75. The van der Waals surface area contributed by atoms with Crippen molar-refractivity contribution in [2.45, 2.75) is 25.8 Å². The second kappa shape index (κ2) is 4.87. The number of alkyl halides is 3. The third kappa shape index (κ3) is 2.44. The third-order valence-corrected chi connectivity index (χ3v) is 3.86. The van der Waals surface area contributed by atoms with Gasteiger partial charge in [0, 0.05) is 38.3 Å². The summed E-state index contributed by atoms with van der Waals surface area (Å²) in [6, 6.07) is 1.09. The van der Waals surface area contributed by atoms with Crippen molar-refractivity contribution >= 4 is 11.7 Å². The molecule has 1 N–H and O–H groups in total. The zero-order chi connectivity index (χ0) is 15.2. The quantitative estimate of drug-likeness (QED) is 0.782. The van der Waals surface area contributed by atoms with Gasteiger partial charge in [0.2, 0.25) is 5.91 Å². The molecule has 2 aliphatic heterocycles. The first-order chi connectivity index (χ1) is 9.88. The Morgan fingerprint density at radius 1 is 1.48 bits per heavy atom. The first kappa shape index (κ1) is 14.1. The molecular weight excluding hydrogens is 285 g/mol. The first-order valence-corrected chi connectivity index (χ1v) is 6.68. The maximum atomic E-state index is 12.8. The molecule has 1 aromatic rings. The number of halogens is 3. The molecule has 0 spiro atoms. The van der Waals surface area contributed by atoms with Crippen molar-refractivity contribution in [2.75, 3.05) is 24.5 Å². The van der Waals surface area contributed by atoms with Crippen molar-refractivity contribution in [3.05, 3.63) is 23.4 Å². The molecule has 1 aromatic heterocycles. The van der Waals surface area contributed by atoms with Gasteiger partial charge >= 0.3 is 6.18 Å². The molecule has 0 bridgehead atoms. The molecule has 2 aliphatic rings. The van der Waals surface area contributed by atoms with Gasteiger partial charge in [-0.2, -0.15) is 13.2 Å². The monoisotopic (exact) mass is 300 g/mol. The molecule has 5 nitrogen and oxygen atoms in total. The van der Waals surface area contributed by atoms with Crippen LogP contribution in [0.25, 0.3) is 0 Å². The highest BCUT2D eigenvalue weighted by Gasteiger charge is 2.38. The van der Waals surface area contributed by atoms with Crippen molar-refractivity contribution in [3.8, 4) is 0 Å². The summed E-state index contributed by atoms with van der Waals surface area (Å²) >= 11 is 0. The van der Waals surface area contributed by atoms with Crippen LogP contribution in [0.1, 0.15) is 18.1 Å². The number of fused-ring (bicyclic) bond motifs is 3. The minimum absolute atomic E-state index is 0.156. The highest BCUT2D eigenvalue weighted by Crippen LogP contribution is 2.35. The number of nitrogens with zero attached hydrogens (tertiary/aromatic N) is 3. The number of pyridine rings is 1. The summed E-state index contributed by atoms with van der Waals surface area (Å²) in [5, 5.41) is 3.19. The third-order valence-electron chi connectivity index (χ3n) is 3.86. The fourth-order valence-corrected chi connectivity index (χ4v) is 2.86. The maximum Gasteiger partial charge on any atom is 0.417 e. The molecule has 114 valence electrons. The van der Waals surface area contributed by atoms with Gasteiger partial charge in [-0.15, -0.1) is 0 Å². The lowest BCUT2D eigenvalue weighted by Gasteiger charge is -2.47. The van der Waals surface area contributed by atoms with Crippen LogP contribution < -0.4 is 10.2 Å². The minimum atomic E-state index is -4.43. The lowest BCUT2D eigenvalue weighted by atomic mass is 10.1. The Balaban J connectivity index is 2.04. The summed E-state index contributed by atoms with van der Waals surface area (Å²) in [5.41, 5.74) is -0.337. The summed E-state index contributed by atoms with van der Waals surface area (Å²) in [6.07, 6.45) is -3.75. The number of carbonyl (C=O) groups is 1. The number of hydrogen-bond acceptors (Lipinski definition) is 4. The maximum absolute atomic E-state index is 12.8. The topological polar surface area (TPSA) is 48.5 Å². The van der Waals surface area contributed by atoms with E-state index in [1.807, 2.05) is 4.90 Å². The number of carbonyl (C=O) groups excluding carboxylic acids is 1.